The molecule has 3 aliphatic heterocycles. The van der Waals surface area contributed by atoms with Crippen LogP contribution >= 0.6 is 24.0 Å². The Bertz CT molecular complexity index is 974. The molecule has 9 heteroatoms. The fourth-order valence-corrected chi connectivity index (χ4v) is 4.70. The Morgan fingerprint density at radius 1 is 0.970 bits per heavy atom. The van der Waals surface area contributed by atoms with Crippen LogP contribution in [0.2, 0.25) is 0 Å². The van der Waals surface area contributed by atoms with E-state index in [2.05, 4.69) is 21.9 Å². The van der Waals surface area contributed by atoms with Crippen molar-refractivity contribution in [2.45, 2.75) is 18.3 Å². The van der Waals surface area contributed by atoms with Crippen LogP contribution in [-0.4, -0.2) is 63.6 Å². The number of anilines is 1. The van der Waals surface area contributed by atoms with Gasteiger partial charge in [-0.1, -0.05) is 6.07 Å². The van der Waals surface area contributed by atoms with Crippen molar-refractivity contribution in [3.63, 3.8) is 0 Å². The Morgan fingerprint density at radius 3 is 2.39 bits per heavy atom. The fraction of sp³-hybridized carbons (Fsp3) is 0.458. The van der Waals surface area contributed by atoms with Crippen LogP contribution in [0, 0.1) is 5.82 Å². The maximum absolute atomic E-state index is 13.2. The summed E-state index contributed by atoms with van der Waals surface area (Å²) in [6.45, 7) is 5.51. The number of nitrogens with two attached hydrogens (primary N) is 1. The predicted octanol–water partition coefficient (Wildman–Crippen LogP) is 3.36. The Kier molecular flexibility index (Phi) is 7.48. The van der Waals surface area contributed by atoms with E-state index >= 15 is 0 Å². The van der Waals surface area contributed by atoms with Gasteiger partial charge in [0, 0.05) is 50.5 Å². The zero-order valence-electron chi connectivity index (χ0n) is 18.5. The van der Waals surface area contributed by atoms with Gasteiger partial charge in [-0.3, -0.25) is 4.99 Å². The van der Waals surface area contributed by atoms with Gasteiger partial charge in [0.05, 0.1) is 6.54 Å². The summed E-state index contributed by atoms with van der Waals surface area (Å²) in [5.74, 6) is 1.95. The molecule has 5 rings (SSSR count). The molecule has 3 heterocycles. The highest BCUT2D eigenvalue weighted by Crippen LogP contribution is 2.41. The van der Waals surface area contributed by atoms with E-state index in [1.807, 2.05) is 18.2 Å². The first-order valence-electron chi connectivity index (χ1n) is 11.2. The number of benzene rings is 2. The molecule has 33 heavy (non-hydrogen) atoms. The standard InChI is InChI=1S/C24H29FN4O3.HI/c25-19-2-4-20(5-3-19)28-9-11-29(12-10-28)23(26)27-16-24(7-13-30-14-8-24)18-1-6-21-22(15-18)32-17-31-21;/h1-6,15H,7-14,16-17H2,(H2,26,27);1H. The van der Waals surface area contributed by atoms with Gasteiger partial charge in [-0.2, -0.15) is 0 Å². The molecule has 2 aromatic carbocycles. The number of ether oxygens (including phenoxy) is 3. The van der Waals surface area contributed by atoms with Crippen molar-refractivity contribution in [2.24, 2.45) is 10.7 Å². The summed E-state index contributed by atoms with van der Waals surface area (Å²) in [5.41, 5.74) is 8.53. The third-order valence-corrected chi connectivity index (χ3v) is 6.77. The smallest absolute Gasteiger partial charge is 0.231 e. The van der Waals surface area contributed by atoms with Crippen LogP contribution in [0.1, 0.15) is 18.4 Å². The number of aliphatic imine (C=N–C) groups is 1. The summed E-state index contributed by atoms with van der Waals surface area (Å²) < 4.78 is 29.9. The molecule has 2 saturated heterocycles. The van der Waals surface area contributed by atoms with Crippen LogP contribution < -0.4 is 20.1 Å². The molecule has 178 valence electrons. The monoisotopic (exact) mass is 568 g/mol. The lowest BCUT2D eigenvalue weighted by Gasteiger charge is -2.38. The highest BCUT2D eigenvalue weighted by molar-refractivity contribution is 14.0. The molecule has 3 aliphatic rings. The van der Waals surface area contributed by atoms with Gasteiger partial charge in [0.15, 0.2) is 17.5 Å². The molecular weight excluding hydrogens is 538 g/mol. The van der Waals surface area contributed by atoms with Crippen LogP contribution in [0.3, 0.4) is 0 Å². The quantitative estimate of drug-likeness (QED) is 0.347. The lowest BCUT2D eigenvalue weighted by Crippen LogP contribution is -2.51. The summed E-state index contributed by atoms with van der Waals surface area (Å²) in [6, 6.07) is 12.8. The van der Waals surface area contributed by atoms with Crippen molar-refractivity contribution in [3.05, 3.63) is 53.8 Å². The van der Waals surface area contributed by atoms with Gasteiger partial charge in [0.25, 0.3) is 0 Å². The fourth-order valence-electron chi connectivity index (χ4n) is 4.70. The second kappa shape index (κ2) is 10.3. The first-order valence-corrected chi connectivity index (χ1v) is 11.2. The third kappa shape index (κ3) is 5.13. The Balaban J connectivity index is 0.00000259. The normalized spacial score (nSPS) is 19.8. The zero-order chi connectivity index (χ0) is 22.0. The van der Waals surface area contributed by atoms with Crippen LogP contribution in [0.5, 0.6) is 11.5 Å². The van der Waals surface area contributed by atoms with Crippen LogP contribution in [-0.2, 0) is 10.2 Å². The second-order valence-corrected chi connectivity index (χ2v) is 8.59. The molecule has 0 amide bonds. The molecule has 0 atom stereocenters. The first-order chi connectivity index (χ1) is 15.6. The van der Waals surface area contributed by atoms with Gasteiger partial charge in [0.2, 0.25) is 6.79 Å². The van der Waals surface area contributed by atoms with E-state index in [0.717, 1.165) is 56.2 Å². The Labute approximate surface area is 210 Å². The maximum Gasteiger partial charge on any atom is 0.231 e. The molecule has 7 nitrogen and oxygen atoms in total. The SMILES string of the molecule is I.NC(=NCC1(c2ccc3c(c2)OCO3)CCOCC1)N1CCN(c2ccc(F)cc2)CC1. The number of hydrogen-bond donors (Lipinski definition) is 1. The van der Waals surface area contributed by atoms with Gasteiger partial charge >= 0.3 is 0 Å². The summed E-state index contributed by atoms with van der Waals surface area (Å²) >= 11 is 0. The number of piperazine rings is 1. The van der Waals surface area contributed by atoms with E-state index in [1.165, 1.54) is 17.7 Å². The van der Waals surface area contributed by atoms with Crippen molar-refractivity contribution in [3.8, 4) is 11.5 Å². The minimum Gasteiger partial charge on any atom is -0.454 e. The van der Waals surface area contributed by atoms with E-state index in [9.17, 15) is 4.39 Å². The van der Waals surface area contributed by atoms with E-state index in [0.29, 0.717) is 25.7 Å². The van der Waals surface area contributed by atoms with Crippen molar-refractivity contribution in [1.82, 2.24) is 4.90 Å². The van der Waals surface area contributed by atoms with E-state index in [4.69, 9.17) is 24.9 Å². The average Bonchev–Trinajstić information content (AvgIpc) is 3.32. The van der Waals surface area contributed by atoms with E-state index in [-0.39, 0.29) is 42.0 Å². The molecule has 0 unspecified atom stereocenters. The highest BCUT2D eigenvalue weighted by Gasteiger charge is 2.36. The summed E-state index contributed by atoms with van der Waals surface area (Å²) in [7, 11) is 0. The number of fused-ring (bicyclic) bond motifs is 1. The highest BCUT2D eigenvalue weighted by atomic mass is 127. The minimum absolute atomic E-state index is 0. The number of guanidine groups is 1. The zero-order valence-corrected chi connectivity index (χ0v) is 20.9. The Morgan fingerprint density at radius 2 is 1.67 bits per heavy atom. The van der Waals surface area contributed by atoms with Crippen molar-refractivity contribution in [1.29, 1.82) is 0 Å². The Hall–Kier alpha value is -2.27. The van der Waals surface area contributed by atoms with E-state index < -0.39 is 0 Å². The van der Waals surface area contributed by atoms with Crippen molar-refractivity contribution in [2.75, 3.05) is 57.6 Å². The van der Waals surface area contributed by atoms with Crippen molar-refractivity contribution < 1.29 is 18.6 Å². The van der Waals surface area contributed by atoms with Gasteiger partial charge < -0.3 is 29.7 Å². The summed E-state index contributed by atoms with van der Waals surface area (Å²) in [5, 5.41) is 0. The molecule has 2 fully saturated rings. The molecule has 0 bridgehead atoms. The van der Waals surface area contributed by atoms with Crippen molar-refractivity contribution >= 4 is 35.6 Å². The van der Waals surface area contributed by atoms with Crippen LogP contribution in [0.4, 0.5) is 10.1 Å². The number of halogens is 2. The average molecular weight is 568 g/mol. The molecule has 0 spiro atoms. The van der Waals surface area contributed by atoms with E-state index in [1.54, 1.807) is 0 Å². The van der Waals surface area contributed by atoms with Gasteiger partial charge in [0.1, 0.15) is 5.82 Å². The second-order valence-electron chi connectivity index (χ2n) is 8.59. The lowest BCUT2D eigenvalue weighted by atomic mass is 9.74. The lowest BCUT2D eigenvalue weighted by molar-refractivity contribution is 0.0529. The van der Waals surface area contributed by atoms with Gasteiger partial charge in [-0.05, 0) is 54.8 Å². The molecule has 2 N–H and O–H groups in total. The molecule has 0 saturated carbocycles. The summed E-state index contributed by atoms with van der Waals surface area (Å²) in [6.07, 6.45) is 1.78. The van der Waals surface area contributed by atoms with Crippen LogP contribution in [0.15, 0.2) is 47.5 Å². The minimum atomic E-state index is -0.215. The number of nitrogens with zero attached hydrogens (tertiary/aromatic N) is 3. The number of rotatable bonds is 4. The molecule has 0 aliphatic carbocycles. The topological polar surface area (TPSA) is 72.5 Å². The van der Waals surface area contributed by atoms with Gasteiger partial charge in [-0.25, -0.2) is 4.39 Å². The maximum atomic E-state index is 13.2. The molecule has 0 aromatic heterocycles. The molecular formula is C24H30FIN4O3. The first kappa shape index (κ1) is 23.9. The predicted molar refractivity (Wildman–Crippen MR) is 136 cm³/mol. The van der Waals surface area contributed by atoms with Gasteiger partial charge in [-0.15, -0.1) is 24.0 Å². The third-order valence-electron chi connectivity index (χ3n) is 6.77. The largest absolute Gasteiger partial charge is 0.454 e. The van der Waals surface area contributed by atoms with Crippen LogP contribution in [0.25, 0.3) is 0 Å². The molecule has 2 aromatic rings. The molecule has 0 radical (unpaired) electrons. The number of hydrogen-bond acceptors (Lipinski definition) is 5. The summed E-state index contributed by atoms with van der Waals surface area (Å²) in [4.78, 5) is 9.23.